The van der Waals surface area contributed by atoms with Gasteiger partial charge in [-0.1, -0.05) is 11.6 Å². The van der Waals surface area contributed by atoms with Gasteiger partial charge in [0, 0.05) is 34.6 Å². The molecule has 1 aliphatic heterocycles. The summed E-state index contributed by atoms with van der Waals surface area (Å²) in [6.45, 7) is 1.87. The largest absolute Gasteiger partial charge is 0.348 e. The number of rotatable bonds is 3. The molecule has 2 aromatic rings. The van der Waals surface area contributed by atoms with Crippen molar-refractivity contribution in [3.63, 3.8) is 0 Å². The zero-order valence-electron chi connectivity index (χ0n) is 12.9. The molecule has 5 heteroatoms. The average molecular weight is 330 g/mol. The minimum atomic E-state index is -0.0183. The van der Waals surface area contributed by atoms with Gasteiger partial charge in [0.2, 0.25) is 0 Å². The number of nitrogens with one attached hydrogen (secondary N) is 2. The molecule has 1 aromatic heterocycles. The Bertz CT molecular complexity index is 751. The Labute approximate surface area is 140 Å². The van der Waals surface area contributed by atoms with Gasteiger partial charge in [-0.2, -0.15) is 0 Å². The number of fused-ring (bicyclic) bond motifs is 1. The number of aromatic nitrogens is 1. The number of benzene rings is 1. The number of carbonyl (C=O) groups is 1. The molecule has 120 valence electrons. The predicted octanol–water partition coefficient (Wildman–Crippen LogP) is 3.25. The zero-order valence-corrected chi connectivity index (χ0v) is 13.7. The first-order valence-electron chi connectivity index (χ1n) is 8.32. The number of pyridine rings is 1. The quantitative estimate of drug-likeness (QED) is 0.909. The van der Waals surface area contributed by atoms with Crippen molar-refractivity contribution in [3.8, 4) is 0 Å². The summed E-state index contributed by atoms with van der Waals surface area (Å²) in [5.41, 5.74) is 2.59. The van der Waals surface area contributed by atoms with Crippen molar-refractivity contribution in [3.05, 3.63) is 40.5 Å². The molecule has 1 aromatic carbocycles. The predicted molar refractivity (Wildman–Crippen MR) is 92.1 cm³/mol. The molecule has 1 amide bonds. The molecule has 2 N–H and O–H groups in total. The van der Waals surface area contributed by atoms with Crippen LogP contribution in [0.5, 0.6) is 0 Å². The van der Waals surface area contributed by atoms with E-state index in [0.717, 1.165) is 42.5 Å². The van der Waals surface area contributed by atoms with Crippen LogP contribution in [0, 0.1) is 0 Å². The Morgan fingerprint density at radius 1 is 1.26 bits per heavy atom. The van der Waals surface area contributed by atoms with Crippen LogP contribution in [0.15, 0.2) is 24.3 Å². The molecule has 4 rings (SSSR count). The summed E-state index contributed by atoms with van der Waals surface area (Å²) in [5, 5.41) is 7.96. The van der Waals surface area contributed by atoms with Crippen molar-refractivity contribution in [1.82, 2.24) is 15.6 Å². The third-order valence-corrected chi connectivity index (χ3v) is 4.90. The molecular formula is C18H20ClN3O. The molecule has 1 saturated heterocycles. The van der Waals surface area contributed by atoms with Crippen LogP contribution in [-0.2, 0) is 0 Å². The molecule has 0 radical (unpaired) electrons. The molecule has 23 heavy (non-hydrogen) atoms. The van der Waals surface area contributed by atoms with Crippen LogP contribution in [0.2, 0.25) is 5.02 Å². The molecule has 1 unspecified atom stereocenters. The maximum atomic E-state index is 12.8. The highest BCUT2D eigenvalue weighted by molar-refractivity contribution is 6.31. The van der Waals surface area contributed by atoms with Gasteiger partial charge < -0.3 is 10.6 Å². The molecular weight excluding hydrogens is 310 g/mol. The number of halogens is 1. The van der Waals surface area contributed by atoms with Gasteiger partial charge in [-0.15, -0.1) is 0 Å². The van der Waals surface area contributed by atoms with Crippen molar-refractivity contribution in [2.75, 3.05) is 13.1 Å². The normalized spacial score (nSPS) is 21.3. The summed E-state index contributed by atoms with van der Waals surface area (Å²) in [6.07, 6.45) is 4.46. The van der Waals surface area contributed by atoms with E-state index in [9.17, 15) is 4.79 Å². The number of nitrogens with zero attached hydrogens (tertiary/aromatic N) is 1. The molecule has 2 aliphatic rings. The highest BCUT2D eigenvalue weighted by atomic mass is 35.5. The van der Waals surface area contributed by atoms with Gasteiger partial charge in [0.25, 0.3) is 5.91 Å². The van der Waals surface area contributed by atoms with E-state index in [1.807, 2.05) is 24.3 Å². The van der Waals surface area contributed by atoms with Crippen LogP contribution in [-0.4, -0.2) is 30.0 Å². The van der Waals surface area contributed by atoms with Crippen LogP contribution in [0.25, 0.3) is 10.9 Å². The smallest absolute Gasteiger partial charge is 0.252 e. The number of piperidine rings is 1. The standard InChI is InChI=1S/C18H20ClN3O/c19-12-5-6-16-14(8-12)15(9-17(22-16)11-3-4-11)18(23)21-13-2-1-7-20-10-13/h5-6,8-9,11,13,20H,1-4,7,10H2,(H,21,23). The van der Waals surface area contributed by atoms with Gasteiger partial charge in [-0.3, -0.25) is 9.78 Å². The second kappa shape index (κ2) is 6.10. The van der Waals surface area contributed by atoms with E-state index in [4.69, 9.17) is 16.6 Å². The van der Waals surface area contributed by atoms with E-state index in [1.54, 1.807) is 0 Å². The maximum Gasteiger partial charge on any atom is 0.252 e. The van der Waals surface area contributed by atoms with Gasteiger partial charge in [0.15, 0.2) is 0 Å². The maximum absolute atomic E-state index is 12.8. The van der Waals surface area contributed by atoms with E-state index in [2.05, 4.69) is 10.6 Å². The van der Waals surface area contributed by atoms with Crippen molar-refractivity contribution in [2.45, 2.75) is 37.6 Å². The molecule has 2 fully saturated rings. The van der Waals surface area contributed by atoms with E-state index in [1.165, 1.54) is 12.8 Å². The number of carbonyl (C=O) groups excluding carboxylic acids is 1. The monoisotopic (exact) mass is 329 g/mol. The average Bonchev–Trinajstić information content (AvgIpc) is 3.39. The van der Waals surface area contributed by atoms with E-state index in [-0.39, 0.29) is 11.9 Å². The third kappa shape index (κ3) is 3.19. The van der Waals surface area contributed by atoms with Crippen LogP contribution < -0.4 is 10.6 Å². The van der Waals surface area contributed by atoms with Crippen LogP contribution in [0.4, 0.5) is 0 Å². The molecule has 0 bridgehead atoms. The van der Waals surface area contributed by atoms with Crippen LogP contribution in [0.3, 0.4) is 0 Å². The van der Waals surface area contributed by atoms with Crippen molar-refractivity contribution in [2.24, 2.45) is 0 Å². The summed E-state index contributed by atoms with van der Waals surface area (Å²) < 4.78 is 0. The summed E-state index contributed by atoms with van der Waals surface area (Å²) in [7, 11) is 0. The zero-order chi connectivity index (χ0) is 15.8. The van der Waals surface area contributed by atoms with Crippen LogP contribution >= 0.6 is 11.6 Å². The first kappa shape index (κ1) is 14.9. The molecule has 4 nitrogen and oxygen atoms in total. The highest BCUT2D eigenvalue weighted by Gasteiger charge is 2.27. The minimum absolute atomic E-state index is 0.0183. The second-order valence-electron chi connectivity index (χ2n) is 6.55. The Hall–Kier alpha value is -1.65. The lowest BCUT2D eigenvalue weighted by molar-refractivity contribution is 0.0932. The molecule has 1 atom stereocenters. The second-order valence-corrected chi connectivity index (χ2v) is 6.98. The molecule has 0 spiro atoms. The third-order valence-electron chi connectivity index (χ3n) is 4.66. The van der Waals surface area contributed by atoms with Gasteiger partial charge in [0.1, 0.15) is 0 Å². The Morgan fingerprint density at radius 2 is 2.13 bits per heavy atom. The lowest BCUT2D eigenvalue weighted by Gasteiger charge is -2.24. The van der Waals surface area contributed by atoms with Crippen LogP contribution in [0.1, 0.15) is 47.7 Å². The lowest BCUT2D eigenvalue weighted by Crippen LogP contribution is -2.45. The van der Waals surface area contributed by atoms with Gasteiger partial charge in [0.05, 0.1) is 11.1 Å². The summed E-state index contributed by atoms with van der Waals surface area (Å²) in [6, 6.07) is 7.74. The summed E-state index contributed by atoms with van der Waals surface area (Å²) >= 11 is 6.13. The summed E-state index contributed by atoms with van der Waals surface area (Å²) in [4.78, 5) is 17.5. The van der Waals surface area contributed by atoms with Gasteiger partial charge >= 0.3 is 0 Å². The van der Waals surface area contributed by atoms with Crippen molar-refractivity contribution >= 4 is 28.4 Å². The Balaban J connectivity index is 1.70. The fourth-order valence-corrected chi connectivity index (χ4v) is 3.40. The first-order chi connectivity index (χ1) is 11.2. The lowest BCUT2D eigenvalue weighted by atomic mass is 10.0. The summed E-state index contributed by atoms with van der Waals surface area (Å²) in [5.74, 6) is 0.494. The highest BCUT2D eigenvalue weighted by Crippen LogP contribution is 2.40. The van der Waals surface area contributed by atoms with Crippen molar-refractivity contribution in [1.29, 1.82) is 0 Å². The Kier molecular flexibility index (Phi) is 3.95. The first-order valence-corrected chi connectivity index (χ1v) is 8.70. The fraction of sp³-hybridized carbons (Fsp3) is 0.444. The Morgan fingerprint density at radius 3 is 2.87 bits per heavy atom. The van der Waals surface area contributed by atoms with Gasteiger partial charge in [-0.05, 0) is 56.5 Å². The number of hydrogen-bond acceptors (Lipinski definition) is 3. The van der Waals surface area contributed by atoms with Gasteiger partial charge in [-0.25, -0.2) is 0 Å². The fourth-order valence-electron chi connectivity index (χ4n) is 3.23. The molecule has 2 heterocycles. The van der Waals surface area contributed by atoms with E-state index in [0.29, 0.717) is 16.5 Å². The molecule has 1 aliphatic carbocycles. The number of amides is 1. The van der Waals surface area contributed by atoms with Crippen molar-refractivity contribution < 1.29 is 4.79 Å². The molecule has 1 saturated carbocycles. The topological polar surface area (TPSA) is 54.0 Å². The van der Waals surface area contributed by atoms with E-state index >= 15 is 0 Å². The van der Waals surface area contributed by atoms with E-state index < -0.39 is 0 Å². The number of hydrogen-bond donors (Lipinski definition) is 2. The SMILES string of the molecule is O=C(NC1CCCNC1)c1cc(C2CC2)nc2ccc(Cl)cc12. The minimum Gasteiger partial charge on any atom is -0.348 e.